The minimum atomic E-state index is -0.507. The van der Waals surface area contributed by atoms with E-state index in [-0.39, 0.29) is 23.7 Å². The van der Waals surface area contributed by atoms with Crippen LogP contribution in [-0.4, -0.2) is 48.2 Å². The molecule has 2 aliphatic carbocycles. The summed E-state index contributed by atoms with van der Waals surface area (Å²) in [5.41, 5.74) is 3.61. The molecular weight excluding hydrogens is 488 g/mol. The number of aliphatic imine (C=N–C) groups is 1. The molecule has 0 saturated heterocycles. The van der Waals surface area contributed by atoms with Gasteiger partial charge < -0.3 is 0 Å². The number of Topliss-reactive ketones (excluding diaryl/α,β-unsaturated/α-hetero) is 1. The van der Waals surface area contributed by atoms with Crippen LogP contribution in [-0.2, 0) is 16.1 Å². The minimum absolute atomic E-state index is 0.0253. The van der Waals surface area contributed by atoms with Gasteiger partial charge in [0.1, 0.15) is 17.2 Å². The number of amidine groups is 1. The predicted octanol–water partition coefficient (Wildman–Crippen LogP) is 5.79. The van der Waals surface area contributed by atoms with Crippen molar-refractivity contribution in [2.45, 2.75) is 89.8 Å². The van der Waals surface area contributed by atoms with Crippen LogP contribution in [0.5, 0.6) is 0 Å². The zero-order chi connectivity index (χ0) is 27.0. The predicted molar refractivity (Wildman–Crippen MR) is 150 cm³/mol. The zero-order valence-corrected chi connectivity index (χ0v) is 22.8. The van der Waals surface area contributed by atoms with E-state index in [1.165, 1.54) is 0 Å². The van der Waals surface area contributed by atoms with Crippen LogP contribution in [0.2, 0.25) is 0 Å². The standard InChI is InChI=1S/C31H36N6O2/c1-3-4-11-28-32-31(18-7-8-19-31)30(39)36(28)20-22-12-14-23(15-13-22)24-9-5-6-10-25(24)29-33-34-35-37(29)26-16-17-27(38)21(26)2/h5-6,9-10,12-15,21,26H,3-4,7-8,11,16-20H2,1-2H3. The fourth-order valence-electron chi connectivity index (χ4n) is 6.51. The average molecular weight is 525 g/mol. The van der Waals surface area contributed by atoms with Crippen LogP contribution in [0, 0.1) is 5.92 Å². The van der Waals surface area contributed by atoms with Gasteiger partial charge in [-0.25, -0.2) is 4.68 Å². The highest BCUT2D eigenvalue weighted by Crippen LogP contribution is 2.41. The van der Waals surface area contributed by atoms with Gasteiger partial charge in [0.25, 0.3) is 5.91 Å². The number of carbonyl (C=O) groups excluding carboxylic acids is 2. The summed E-state index contributed by atoms with van der Waals surface area (Å²) < 4.78 is 1.83. The van der Waals surface area contributed by atoms with Crippen molar-refractivity contribution in [2.24, 2.45) is 10.9 Å². The molecule has 8 heteroatoms. The second-order valence-corrected chi connectivity index (χ2v) is 11.3. The second-order valence-electron chi connectivity index (χ2n) is 11.3. The van der Waals surface area contributed by atoms with E-state index < -0.39 is 5.54 Å². The molecule has 3 aromatic rings. The number of amides is 1. The maximum absolute atomic E-state index is 13.5. The number of benzene rings is 2. The van der Waals surface area contributed by atoms with E-state index in [4.69, 9.17) is 4.99 Å². The lowest BCUT2D eigenvalue weighted by Gasteiger charge is -2.23. The molecule has 1 aliphatic heterocycles. The summed E-state index contributed by atoms with van der Waals surface area (Å²) in [4.78, 5) is 32.7. The number of ketones is 1. The molecule has 2 fully saturated rings. The molecule has 8 nitrogen and oxygen atoms in total. The van der Waals surface area contributed by atoms with Gasteiger partial charge in [-0.3, -0.25) is 19.5 Å². The monoisotopic (exact) mass is 524 g/mol. The number of hydrogen-bond donors (Lipinski definition) is 0. The van der Waals surface area contributed by atoms with Crippen LogP contribution in [0.15, 0.2) is 53.5 Å². The van der Waals surface area contributed by atoms with E-state index in [9.17, 15) is 9.59 Å². The molecule has 1 aromatic heterocycles. The molecule has 202 valence electrons. The first kappa shape index (κ1) is 25.6. The largest absolute Gasteiger partial charge is 0.299 e. The number of carbonyl (C=O) groups is 2. The van der Waals surface area contributed by atoms with Crippen LogP contribution in [0.1, 0.15) is 83.2 Å². The Morgan fingerprint density at radius 1 is 1.00 bits per heavy atom. The molecule has 39 heavy (non-hydrogen) atoms. The third kappa shape index (κ3) is 4.60. The summed E-state index contributed by atoms with van der Waals surface area (Å²) in [5.74, 6) is 2.00. The van der Waals surface area contributed by atoms with Gasteiger partial charge in [0.2, 0.25) is 0 Å². The highest BCUT2D eigenvalue weighted by molar-refractivity contribution is 6.08. The van der Waals surface area contributed by atoms with Gasteiger partial charge in [0.15, 0.2) is 5.82 Å². The molecule has 1 spiro atoms. The van der Waals surface area contributed by atoms with E-state index in [1.807, 2.05) is 34.7 Å². The highest BCUT2D eigenvalue weighted by atomic mass is 16.2. The molecule has 3 aliphatic rings. The number of aromatic nitrogens is 4. The molecule has 6 rings (SSSR count). The summed E-state index contributed by atoms with van der Waals surface area (Å²) >= 11 is 0. The van der Waals surface area contributed by atoms with E-state index in [1.54, 1.807) is 0 Å². The third-order valence-corrected chi connectivity index (χ3v) is 8.83. The van der Waals surface area contributed by atoms with Gasteiger partial charge in [0, 0.05) is 24.3 Å². The number of rotatable bonds is 8. The summed E-state index contributed by atoms with van der Waals surface area (Å²) in [6.07, 6.45) is 8.23. The lowest BCUT2D eigenvalue weighted by molar-refractivity contribution is -0.131. The van der Waals surface area contributed by atoms with E-state index >= 15 is 0 Å². The number of tetrazole rings is 1. The van der Waals surface area contributed by atoms with Crippen molar-refractivity contribution in [3.8, 4) is 22.5 Å². The summed E-state index contributed by atoms with van der Waals surface area (Å²) in [7, 11) is 0. The molecule has 2 heterocycles. The van der Waals surface area contributed by atoms with Gasteiger partial charge in [-0.1, -0.05) is 81.6 Å². The number of unbranched alkanes of at least 4 members (excludes halogenated alkanes) is 1. The Morgan fingerprint density at radius 2 is 1.74 bits per heavy atom. The van der Waals surface area contributed by atoms with Crippen molar-refractivity contribution in [2.75, 3.05) is 0 Å². The van der Waals surface area contributed by atoms with E-state index in [2.05, 4.69) is 52.8 Å². The van der Waals surface area contributed by atoms with Crippen LogP contribution < -0.4 is 0 Å². The van der Waals surface area contributed by atoms with Crippen molar-refractivity contribution in [1.82, 2.24) is 25.1 Å². The quantitative estimate of drug-likeness (QED) is 0.372. The molecule has 0 N–H and O–H groups in total. The fraction of sp³-hybridized carbons (Fsp3) is 0.484. The Balaban J connectivity index is 1.26. The Bertz CT molecular complexity index is 1400. The first-order chi connectivity index (χ1) is 19.0. The van der Waals surface area contributed by atoms with E-state index in [0.717, 1.165) is 79.5 Å². The van der Waals surface area contributed by atoms with Crippen molar-refractivity contribution in [3.63, 3.8) is 0 Å². The normalized spacial score (nSPS) is 22.3. The number of nitrogens with zero attached hydrogens (tertiary/aromatic N) is 6. The van der Waals surface area contributed by atoms with Crippen molar-refractivity contribution >= 4 is 17.5 Å². The average Bonchev–Trinajstić information content (AvgIpc) is 3.75. The van der Waals surface area contributed by atoms with Crippen molar-refractivity contribution in [3.05, 3.63) is 54.1 Å². The summed E-state index contributed by atoms with van der Waals surface area (Å²) in [6, 6.07) is 16.5. The smallest absolute Gasteiger partial charge is 0.256 e. The Kier molecular flexibility index (Phi) is 6.87. The fourth-order valence-corrected chi connectivity index (χ4v) is 6.51. The lowest BCUT2D eigenvalue weighted by atomic mass is 9.97. The first-order valence-electron chi connectivity index (χ1n) is 14.4. The van der Waals surface area contributed by atoms with Crippen molar-refractivity contribution < 1.29 is 9.59 Å². The van der Waals surface area contributed by atoms with E-state index in [0.29, 0.717) is 18.8 Å². The van der Waals surface area contributed by atoms with Crippen LogP contribution in [0.3, 0.4) is 0 Å². The Hall–Kier alpha value is -3.68. The maximum atomic E-state index is 13.5. The molecule has 2 saturated carbocycles. The van der Waals surface area contributed by atoms with Crippen LogP contribution in [0.25, 0.3) is 22.5 Å². The minimum Gasteiger partial charge on any atom is -0.299 e. The molecule has 1 amide bonds. The highest BCUT2D eigenvalue weighted by Gasteiger charge is 2.49. The number of hydrogen-bond acceptors (Lipinski definition) is 6. The van der Waals surface area contributed by atoms with Gasteiger partial charge in [-0.2, -0.15) is 0 Å². The molecule has 2 unspecified atom stereocenters. The zero-order valence-electron chi connectivity index (χ0n) is 22.8. The molecular formula is C31H36N6O2. The lowest BCUT2D eigenvalue weighted by Crippen LogP contribution is -2.40. The molecule has 0 bridgehead atoms. The second kappa shape index (κ2) is 10.5. The Morgan fingerprint density at radius 3 is 2.44 bits per heavy atom. The first-order valence-corrected chi connectivity index (χ1v) is 14.4. The molecule has 2 atom stereocenters. The van der Waals surface area contributed by atoms with Crippen LogP contribution >= 0.6 is 0 Å². The van der Waals surface area contributed by atoms with Crippen molar-refractivity contribution in [1.29, 1.82) is 0 Å². The van der Waals surface area contributed by atoms with Gasteiger partial charge >= 0.3 is 0 Å². The maximum Gasteiger partial charge on any atom is 0.256 e. The van der Waals surface area contributed by atoms with Crippen LogP contribution in [0.4, 0.5) is 0 Å². The van der Waals surface area contributed by atoms with Gasteiger partial charge in [-0.05, 0) is 52.8 Å². The SMILES string of the molecule is CCCCC1=NC2(CCCC2)C(=O)N1Cc1ccc(-c2ccccc2-c2nnnn2C2CCC(=O)C2C)cc1. The molecule has 0 radical (unpaired) electrons. The van der Waals surface area contributed by atoms with Gasteiger partial charge in [-0.15, -0.1) is 5.10 Å². The summed E-state index contributed by atoms with van der Waals surface area (Å²) in [6.45, 7) is 4.70. The topological polar surface area (TPSA) is 93.3 Å². The third-order valence-electron chi connectivity index (χ3n) is 8.83. The Labute approximate surface area is 229 Å². The summed E-state index contributed by atoms with van der Waals surface area (Å²) in [5, 5.41) is 12.6. The van der Waals surface area contributed by atoms with Gasteiger partial charge in [0.05, 0.1) is 12.6 Å². The molecule has 2 aromatic carbocycles.